The maximum atomic E-state index is 12.2. The Hall–Kier alpha value is -3.46. The van der Waals surface area contributed by atoms with Crippen LogP contribution in [-0.4, -0.2) is 32.1 Å². The van der Waals surface area contributed by atoms with Crippen LogP contribution in [0.1, 0.15) is 18.5 Å². The van der Waals surface area contributed by atoms with E-state index in [2.05, 4.69) is 37.8 Å². The van der Waals surface area contributed by atoms with Gasteiger partial charge in [0.05, 0.1) is 16.5 Å². The number of imidazole rings is 1. The predicted octanol–water partition coefficient (Wildman–Crippen LogP) is 4.51. The van der Waals surface area contributed by atoms with Crippen molar-refractivity contribution in [1.82, 2.24) is 19.5 Å². The van der Waals surface area contributed by atoms with Crippen LogP contribution in [-0.2, 0) is 0 Å². The number of carbonyl (C=O) groups excluding carboxylic acids is 1. The van der Waals surface area contributed by atoms with E-state index in [9.17, 15) is 4.79 Å². The molecule has 4 rings (SSSR count). The number of aromatic nitrogens is 4. The van der Waals surface area contributed by atoms with E-state index in [0.717, 1.165) is 27.3 Å². The minimum Gasteiger partial charge on any atom is -0.367 e. The third kappa shape index (κ3) is 4.52. The van der Waals surface area contributed by atoms with Crippen LogP contribution in [0.25, 0.3) is 10.2 Å². The van der Waals surface area contributed by atoms with Crippen molar-refractivity contribution < 1.29 is 4.79 Å². The van der Waals surface area contributed by atoms with Gasteiger partial charge in [-0.1, -0.05) is 12.1 Å². The van der Waals surface area contributed by atoms with Gasteiger partial charge in [-0.15, -0.1) is 11.3 Å². The smallest absolute Gasteiger partial charge is 0.324 e. The van der Waals surface area contributed by atoms with Crippen molar-refractivity contribution in [2.45, 2.75) is 19.9 Å². The van der Waals surface area contributed by atoms with Gasteiger partial charge in [0.15, 0.2) is 5.82 Å². The van der Waals surface area contributed by atoms with E-state index in [1.165, 1.54) is 0 Å². The zero-order valence-corrected chi connectivity index (χ0v) is 16.9. The fraction of sp³-hybridized carbons (Fsp3) is 0.200. The Balaban J connectivity index is 1.34. The van der Waals surface area contributed by atoms with Gasteiger partial charge in [0, 0.05) is 24.5 Å². The third-order valence-corrected chi connectivity index (χ3v) is 5.35. The van der Waals surface area contributed by atoms with Crippen LogP contribution in [0.4, 0.5) is 22.1 Å². The van der Waals surface area contributed by atoms with E-state index < -0.39 is 0 Å². The first-order valence-corrected chi connectivity index (χ1v) is 10.1. The number of anilines is 3. The van der Waals surface area contributed by atoms with Crippen LogP contribution < -0.4 is 16.0 Å². The molecule has 0 aliphatic heterocycles. The summed E-state index contributed by atoms with van der Waals surface area (Å²) in [6, 6.07) is 9.39. The quantitative estimate of drug-likeness (QED) is 0.437. The Bertz CT molecular complexity index is 1140. The summed E-state index contributed by atoms with van der Waals surface area (Å²) in [4.78, 5) is 25.0. The highest BCUT2D eigenvalue weighted by Crippen LogP contribution is 2.25. The Kier molecular flexibility index (Phi) is 5.39. The highest BCUT2D eigenvalue weighted by Gasteiger charge is 2.11. The van der Waals surface area contributed by atoms with Crippen molar-refractivity contribution in [3.8, 4) is 0 Å². The molecule has 1 unspecified atom stereocenters. The van der Waals surface area contributed by atoms with Gasteiger partial charge in [0.2, 0.25) is 0 Å². The van der Waals surface area contributed by atoms with Crippen molar-refractivity contribution in [2.75, 3.05) is 22.5 Å². The molecule has 8 nitrogen and oxygen atoms in total. The Morgan fingerprint density at radius 3 is 2.97 bits per heavy atom. The molecule has 0 fully saturated rings. The minimum absolute atomic E-state index is 0.114. The topological polar surface area (TPSA) is 96.8 Å². The summed E-state index contributed by atoms with van der Waals surface area (Å²) in [6.45, 7) is 4.71. The van der Waals surface area contributed by atoms with Crippen LogP contribution in [0, 0.1) is 6.92 Å². The molecule has 0 aliphatic carbocycles. The molecule has 29 heavy (non-hydrogen) atoms. The van der Waals surface area contributed by atoms with E-state index in [4.69, 9.17) is 0 Å². The monoisotopic (exact) mass is 407 g/mol. The molecule has 4 aromatic rings. The van der Waals surface area contributed by atoms with Crippen molar-refractivity contribution in [3.63, 3.8) is 0 Å². The first kappa shape index (κ1) is 18.9. The molecule has 3 aromatic heterocycles. The fourth-order valence-electron chi connectivity index (χ4n) is 2.91. The van der Waals surface area contributed by atoms with Gasteiger partial charge in [0.1, 0.15) is 12.1 Å². The van der Waals surface area contributed by atoms with Crippen molar-refractivity contribution in [2.24, 2.45) is 0 Å². The largest absolute Gasteiger partial charge is 0.367 e. The van der Waals surface area contributed by atoms with Gasteiger partial charge >= 0.3 is 6.03 Å². The van der Waals surface area contributed by atoms with Crippen molar-refractivity contribution >= 4 is 44.9 Å². The number of benzene rings is 1. The Morgan fingerprint density at radius 1 is 1.21 bits per heavy atom. The lowest BCUT2D eigenvalue weighted by atomic mass is 10.2. The Morgan fingerprint density at radius 2 is 2.10 bits per heavy atom. The van der Waals surface area contributed by atoms with Crippen LogP contribution in [0.3, 0.4) is 0 Å². The lowest BCUT2D eigenvalue weighted by Crippen LogP contribution is -2.19. The normalized spacial score (nSPS) is 11.9. The molecule has 9 heteroatoms. The van der Waals surface area contributed by atoms with Crippen LogP contribution >= 0.6 is 11.3 Å². The summed E-state index contributed by atoms with van der Waals surface area (Å²) in [7, 11) is 0. The number of rotatable bonds is 6. The van der Waals surface area contributed by atoms with Crippen LogP contribution in [0.5, 0.6) is 0 Å². The van der Waals surface area contributed by atoms with E-state index in [1.54, 1.807) is 24.0 Å². The number of hydrogen-bond acceptors (Lipinski definition) is 6. The molecule has 1 aromatic carbocycles. The van der Waals surface area contributed by atoms with Crippen molar-refractivity contribution in [1.29, 1.82) is 0 Å². The number of fused-ring (bicyclic) bond motifs is 1. The summed E-state index contributed by atoms with van der Waals surface area (Å²) >= 11 is 1.61. The molecule has 3 N–H and O–H groups in total. The Labute approximate surface area is 172 Å². The van der Waals surface area contributed by atoms with Crippen LogP contribution in [0.2, 0.25) is 0 Å². The summed E-state index contributed by atoms with van der Waals surface area (Å²) < 4.78 is 2.99. The number of hydrogen-bond donors (Lipinski definition) is 3. The highest BCUT2D eigenvalue weighted by molar-refractivity contribution is 7.17. The number of carbonyl (C=O) groups is 1. The second-order valence-electron chi connectivity index (χ2n) is 6.74. The second kappa shape index (κ2) is 8.27. The zero-order chi connectivity index (χ0) is 20.2. The molecular formula is C20H21N7OS. The number of aryl methyl sites for hydroxylation is 1. The molecule has 0 aliphatic rings. The molecule has 0 saturated heterocycles. The molecule has 1 atom stereocenters. The molecular weight excluding hydrogens is 386 g/mol. The number of amides is 2. The average molecular weight is 408 g/mol. The molecule has 0 saturated carbocycles. The highest BCUT2D eigenvalue weighted by atomic mass is 32.1. The molecule has 0 radical (unpaired) electrons. The molecule has 2 amide bonds. The number of urea groups is 1. The molecule has 3 heterocycles. The maximum absolute atomic E-state index is 12.2. The van der Waals surface area contributed by atoms with Gasteiger partial charge in [-0.25, -0.2) is 19.7 Å². The lowest BCUT2D eigenvalue weighted by Gasteiger charge is -2.14. The number of nitrogens with zero attached hydrogens (tertiary/aromatic N) is 4. The number of nitrogens with one attached hydrogen (secondary N) is 3. The first-order chi connectivity index (χ1) is 14.1. The maximum Gasteiger partial charge on any atom is 0.324 e. The average Bonchev–Trinajstić information content (AvgIpc) is 3.35. The number of thiophene rings is 1. The molecule has 0 bridgehead atoms. The minimum atomic E-state index is -0.326. The standard InChI is InChI=1S/C20H21N7OS/c1-13-4-3-5-15(8-13)25-20(28)26-17-10-27(12-24-17)14(2)9-21-19-18-16(6-7-29-18)22-11-23-19/h3-8,10-12,14H,9H2,1-2H3,(H,21,22,23)(H2,25,26,28). The van der Waals surface area contributed by atoms with Crippen LogP contribution in [0.15, 0.2) is 54.6 Å². The molecule has 148 valence electrons. The SMILES string of the molecule is Cc1cccc(NC(=O)Nc2cn(C(C)CNc3ncnc4ccsc34)cn2)c1. The van der Waals surface area contributed by atoms with E-state index >= 15 is 0 Å². The molecule has 0 spiro atoms. The summed E-state index contributed by atoms with van der Waals surface area (Å²) in [6.07, 6.45) is 5.08. The van der Waals surface area contributed by atoms with Gasteiger partial charge in [-0.3, -0.25) is 5.32 Å². The third-order valence-electron chi connectivity index (χ3n) is 4.44. The summed E-state index contributed by atoms with van der Waals surface area (Å²) in [5, 5.41) is 10.9. The predicted molar refractivity (Wildman–Crippen MR) is 117 cm³/mol. The fourth-order valence-corrected chi connectivity index (χ4v) is 3.72. The van der Waals surface area contributed by atoms with E-state index in [1.807, 2.05) is 53.4 Å². The zero-order valence-electron chi connectivity index (χ0n) is 16.1. The van der Waals surface area contributed by atoms with Gasteiger partial charge in [-0.05, 0) is 43.0 Å². The summed E-state index contributed by atoms with van der Waals surface area (Å²) in [5.74, 6) is 1.32. The second-order valence-corrected chi connectivity index (χ2v) is 7.66. The van der Waals surface area contributed by atoms with E-state index in [0.29, 0.717) is 12.4 Å². The van der Waals surface area contributed by atoms with Crippen molar-refractivity contribution in [3.05, 3.63) is 60.1 Å². The van der Waals surface area contributed by atoms with Gasteiger partial charge in [0.25, 0.3) is 0 Å². The first-order valence-electron chi connectivity index (χ1n) is 9.19. The summed E-state index contributed by atoms with van der Waals surface area (Å²) in [5.41, 5.74) is 2.76. The van der Waals surface area contributed by atoms with Gasteiger partial charge < -0.3 is 15.2 Å². The van der Waals surface area contributed by atoms with Gasteiger partial charge in [-0.2, -0.15) is 0 Å². The lowest BCUT2D eigenvalue weighted by molar-refractivity contribution is 0.262. The van der Waals surface area contributed by atoms with E-state index in [-0.39, 0.29) is 12.1 Å².